The molecule has 0 radical (unpaired) electrons. The second-order valence-electron chi connectivity index (χ2n) is 4.26. The third-order valence-electron chi connectivity index (χ3n) is 2.82. The zero-order valence-electron chi connectivity index (χ0n) is 11.6. The molecular formula is C13H12N6O3. The molecule has 0 saturated carbocycles. The van der Waals surface area contributed by atoms with E-state index in [-0.39, 0.29) is 17.4 Å². The van der Waals surface area contributed by atoms with Gasteiger partial charge in [0.2, 0.25) is 5.88 Å². The van der Waals surface area contributed by atoms with E-state index in [0.29, 0.717) is 16.9 Å². The number of aromatic nitrogens is 1. The Morgan fingerprint density at radius 2 is 2.09 bits per heavy atom. The van der Waals surface area contributed by atoms with Crippen LogP contribution in [0, 0.1) is 22.6 Å². The fraction of sp³-hybridized carbons (Fsp3) is 0.0769. The van der Waals surface area contributed by atoms with Gasteiger partial charge in [-0.3, -0.25) is 10.1 Å². The van der Waals surface area contributed by atoms with Crippen molar-refractivity contribution in [3.8, 4) is 11.6 Å². The highest BCUT2D eigenvalue weighted by Gasteiger charge is 2.12. The molecule has 1 aromatic heterocycles. The zero-order valence-corrected chi connectivity index (χ0v) is 11.6. The van der Waals surface area contributed by atoms with Crippen LogP contribution < -0.4 is 10.6 Å². The Morgan fingerprint density at radius 3 is 2.59 bits per heavy atom. The largest absolute Gasteiger partial charge is 0.439 e. The van der Waals surface area contributed by atoms with Crippen LogP contribution in [0.15, 0.2) is 46.7 Å². The van der Waals surface area contributed by atoms with Crippen LogP contribution in [0.25, 0.3) is 0 Å². The molecule has 0 amide bonds. The molecule has 0 spiro atoms. The standard InChI is InChI=1S/C13H12N6O3/c1-8-6-12(16-7-11(8)19(20)21)22-10-4-2-9(3-5-10)13(17-14)18-15/h2-7,14H,15H2,1H3/b17-14?,18-13-. The highest BCUT2D eigenvalue weighted by Crippen LogP contribution is 2.24. The lowest BCUT2D eigenvalue weighted by Crippen LogP contribution is -2.00. The topological polar surface area (TPSA) is 140 Å². The van der Waals surface area contributed by atoms with Gasteiger partial charge < -0.3 is 10.6 Å². The molecule has 0 unspecified atom stereocenters. The van der Waals surface area contributed by atoms with Crippen LogP contribution in [0.4, 0.5) is 5.69 Å². The zero-order chi connectivity index (χ0) is 16.1. The van der Waals surface area contributed by atoms with Gasteiger partial charge in [-0.05, 0) is 31.2 Å². The van der Waals surface area contributed by atoms with Gasteiger partial charge in [-0.2, -0.15) is 5.10 Å². The fourth-order valence-corrected chi connectivity index (χ4v) is 1.73. The third-order valence-corrected chi connectivity index (χ3v) is 2.82. The summed E-state index contributed by atoms with van der Waals surface area (Å²) in [7, 11) is 0. The Bertz CT molecular complexity index is 742. The van der Waals surface area contributed by atoms with E-state index in [2.05, 4.69) is 15.2 Å². The lowest BCUT2D eigenvalue weighted by atomic mass is 10.2. The summed E-state index contributed by atoms with van der Waals surface area (Å²) in [6, 6.07) is 8.01. The highest BCUT2D eigenvalue weighted by molar-refractivity contribution is 5.98. The van der Waals surface area contributed by atoms with Gasteiger partial charge >= 0.3 is 0 Å². The van der Waals surface area contributed by atoms with E-state index in [4.69, 9.17) is 16.1 Å². The van der Waals surface area contributed by atoms with Crippen molar-refractivity contribution in [2.75, 3.05) is 0 Å². The number of hydrogen-bond donors (Lipinski definition) is 2. The van der Waals surface area contributed by atoms with Gasteiger partial charge in [-0.25, -0.2) is 10.5 Å². The number of pyridine rings is 1. The average molecular weight is 300 g/mol. The van der Waals surface area contributed by atoms with Gasteiger partial charge in [0.05, 0.1) is 4.92 Å². The maximum atomic E-state index is 10.7. The van der Waals surface area contributed by atoms with E-state index in [9.17, 15) is 10.1 Å². The number of aryl methyl sites for hydroxylation is 1. The number of amidine groups is 1. The maximum absolute atomic E-state index is 10.7. The van der Waals surface area contributed by atoms with Crippen molar-refractivity contribution in [2.24, 2.45) is 16.1 Å². The minimum absolute atomic E-state index is 0.0662. The Morgan fingerprint density at radius 1 is 1.41 bits per heavy atom. The molecular weight excluding hydrogens is 288 g/mol. The SMILES string of the molecule is Cc1cc(Oc2ccc(/C(N=N)=N/N)cc2)ncc1[N+](=O)[O-]. The quantitative estimate of drug-likeness (QED) is 0.223. The van der Waals surface area contributed by atoms with E-state index in [1.54, 1.807) is 31.2 Å². The van der Waals surface area contributed by atoms with Crippen molar-refractivity contribution in [2.45, 2.75) is 6.92 Å². The van der Waals surface area contributed by atoms with Crippen molar-refractivity contribution < 1.29 is 9.66 Å². The lowest BCUT2D eigenvalue weighted by Gasteiger charge is -2.06. The molecule has 0 saturated heterocycles. The Balaban J connectivity index is 2.19. The molecule has 0 aliphatic heterocycles. The molecule has 0 bridgehead atoms. The monoisotopic (exact) mass is 300 g/mol. The summed E-state index contributed by atoms with van der Waals surface area (Å²) in [4.78, 5) is 14.1. The van der Waals surface area contributed by atoms with Crippen LogP contribution >= 0.6 is 0 Å². The van der Waals surface area contributed by atoms with Gasteiger partial charge in [-0.15, -0.1) is 5.11 Å². The fourth-order valence-electron chi connectivity index (χ4n) is 1.73. The third kappa shape index (κ3) is 3.20. The van der Waals surface area contributed by atoms with Gasteiger partial charge in [0, 0.05) is 17.2 Å². The molecule has 0 aliphatic carbocycles. The van der Waals surface area contributed by atoms with E-state index in [1.807, 2.05) is 0 Å². The molecule has 0 fully saturated rings. The molecule has 22 heavy (non-hydrogen) atoms. The van der Waals surface area contributed by atoms with Crippen LogP contribution in [0.3, 0.4) is 0 Å². The van der Waals surface area contributed by atoms with Crippen LogP contribution in [-0.2, 0) is 0 Å². The molecule has 2 aromatic rings. The van der Waals surface area contributed by atoms with Crippen molar-refractivity contribution in [1.29, 1.82) is 5.53 Å². The molecule has 9 heteroatoms. The highest BCUT2D eigenvalue weighted by atomic mass is 16.6. The number of nitrogens with zero attached hydrogens (tertiary/aromatic N) is 4. The van der Waals surface area contributed by atoms with E-state index in [1.165, 1.54) is 6.07 Å². The lowest BCUT2D eigenvalue weighted by molar-refractivity contribution is -0.385. The predicted octanol–water partition coefficient (Wildman–Crippen LogP) is 2.74. The van der Waals surface area contributed by atoms with Crippen molar-refractivity contribution >= 4 is 11.5 Å². The molecule has 1 aromatic carbocycles. The molecule has 0 aliphatic rings. The number of nitrogens with one attached hydrogen (secondary N) is 1. The second-order valence-corrected chi connectivity index (χ2v) is 4.26. The van der Waals surface area contributed by atoms with Gasteiger partial charge in [0.1, 0.15) is 11.9 Å². The molecule has 112 valence electrons. The first-order valence-corrected chi connectivity index (χ1v) is 6.10. The molecule has 9 nitrogen and oxygen atoms in total. The number of nitrogens with two attached hydrogens (primary N) is 1. The number of ether oxygens (including phenoxy) is 1. The van der Waals surface area contributed by atoms with E-state index >= 15 is 0 Å². The summed E-state index contributed by atoms with van der Waals surface area (Å²) in [5, 5.41) is 17.3. The maximum Gasteiger partial charge on any atom is 0.290 e. The number of hydrazone groups is 1. The van der Waals surface area contributed by atoms with Gasteiger partial charge in [-0.1, -0.05) is 0 Å². The summed E-state index contributed by atoms with van der Waals surface area (Å²) in [6.45, 7) is 1.61. The van der Waals surface area contributed by atoms with Crippen molar-refractivity contribution in [1.82, 2.24) is 4.98 Å². The van der Waals surface area contributed by atoms with Crippen LogP contribution in [-0.4, -0.2) is 15.7 Å². The summed E-state index contributed by atoms with van der Waals surface area (Å²) in [6.07, 6.45) is 1.15. The van der Waals surface area contributed by atoms with Crippen LogP contribution in [0.1, 0.15) is 11.1 Å². The second kappa shape index (κ2) is 6.39. The van der Waals surface area contributed by atoms with Gasteiger partial charge in [0.15, 0.2) is 5.84 Å². The molecule has 1 heterocycles. The van der Waals surface area contributed by atoms with E-state index in [0.717, 1.165) is 6.20 Å². The van der Waals surface area contributed by atoms with Crippen LogP contribution in [0.2, 0.25) is 0 Å². The first-order chi connectivity index (χ1) is 10.5. The Hall–Kier alpha value is -3.36. The first-order valence-electron chi connectivity index (χ1n) is 6.10. The Labute approximate surface area is 125 Å². The smallest absolute Gasteiger partial charge is 0.290 e. The predicted molar refractivity (Wildman–Crippen MR) is 78.0 cm³/mol. The first kappa shape index (κ1) is 15.0. The molecule has 2 rings (SSSR count). The number of benzene rings is 1. The summed E-state index contributed by atoms with van der Waals surface area (Å²) in [5.41, 5.74) is 7.88. The molecule has 0 atom stereocenters. The summed E-state index contributed by atoms with van der Waals surface area (Å²) in [5.74, 6) is 5.93. The number of hydrogen-bond acceptors (Lipinski definition) is 7. The normalized spacial score (nSPS) is 11.0. The van der Waals surface area contributed by atoms with Crippen LogP contribution in [0.5, 0.6) is 11.6 Å². The van der Waals surface area contributed by atoms with Crippen molar-refractivity contribution in [3.05, 3.63) is 57.8 Å². The average Bonchev–Trinajstić information content (AvgIpc) is 2.50. The number of rotatable bonds is 4. The Kier molecular flexibility index (Phi) is 4.37. The molecule has 3 N–H and O–H groups in total. The summed E-state index contributed by atoms with van der Waals surface area (Å²) < 4.78 is 5.51. The minimum Gasteiger partial charge on any atom is -0.439 e. The minimum atomic E-state index is -0.501. The van der Waals surface area contributed by atoms with Gasteiger partial charge in [0.25, 0.3) is 5.69 Å². The summed E-state index contributed by atoms with van der Waals surface area (Å²) >= 11 is 0. The van der Waals surface area contributed by atoms with E-state index < -0.39 is 4.92 Å². The van der Waals surface area contributed by atoms with Crippen molar-refractivity contribution in [3.63, 3.8) is 0 Å². The number of nitro groups is 1.